The molecule has 0 radical (unpaired) electrons. The van der Waals surface area contributed by atoms with E-state index in [1.54, 1.807) is 0 Å². The molecule has 0 saturated carbocycles. The zero-order chi connectivity index (χ0) is 10.6. The zero-order valence-electron chi connectivity index (χ0n) is 9.17. The summed E-state index contributed by atoms with van der Waals surface area (Å²) < 4.78 is 0. The highest BCUT2D eigenvalue weighted by molar-refractivity contribution is 5.15. The minimum absolute atomic E-state index is 0.285. The third-order valence-corrected chi connectivity index (χ3v) is 2.17. The zero-order valence-corrected chi connectivity index (χ0v) is 9.17. The van der Waals surface area contributed by atoms with E-state index in [0.29, 0.717) is 0 Å². The molecule has 0 aliphatic carbocycles. The predicted octanol–water partition coefficient (Wildman–Crippen LogP) is 2.62. The number of nitrogens with zero attached hydrogens (tertiary/aromatic N) is 1. The Bertz CT molecular complexity index is 318. The van der Waals surface area contributed by atoms with Crippen LogP contribution in [0.2, 0.25) is 0 Å². The molecule has 2 nitrogen and oxygen atoms in total. The van der Waals surface area contributed by atoms with E-state index in [1.165, 1.54) is 5.57 Å². The van der Waals surface area contributed by atoms with Gasteiger partial charge in [0.1, 0.15) is 0 Å². The first-order valence-electron chi connectivity index (χ1n) is 4.88. The summed E-state index contributed by atoms with van der Waals surface area (Å²) in [5.41, 5.74) is 3.33. The Labute approximate surface area is 86.1 Å². The first kappa shape index (κ1) is 10.9. The van der Waals surface area contributed by atoms with Gasteiger partial charge in [0.05, 0.1) is 11.7 Å². The van der Waals surface area contributed by atoms with E-state index in [1.807, 2.05) is 33.0 Å². The van der Waals surface area contributed by atoms with Gasteiger partial charge in [0.15, 0.2) is 0 Å². The van der Waals surface area contributed by atoms with Crippen LogP contribution in [-0.2, 0) is 0 Å². The van der Waals surface area contributed by atoms with Crippen molar-refractivity contribution in [2.75, 3.05) is 7.05 Å². The average Bonchev–Trinajstić information content (AvgIpc) is 2.14. The molecule has 0 aliphatic heterocycles. The van der Waals surface area contributed by atoms with E-state index in [0.717, 1.165) is 17.8 Å². The summed E-state index contributed by atoms with van der Waals surface area (Å²) in [5.74, 6) is 0. The monoisotopic (exact) mass is 190 g/mol. The number of rotatable bonds is 4. The van der Waals surface area contributed by atoms with Crippen LogP contribution in [0.5, 0.6) is 0 Å². The van der Waals surface area contributed by atoms with Crippen LogP contribution < -0.4 is 5.32 Å². The van der Waals surface area contributed by atoms with Gasteiger partial charge in [0.2, 0.25) is 0 Å². The topological polar surface area (TPSA) is 24.9 Å². The van der Waals surface area contributed by atoms with E-state index in [4.69, 9.17) is 0 Å². The number of pyridine rings is 1. The fourth-order valence-electron chi connectivity index (χ4n) is 1.46. The fraction of sp³-hybridized carbons (Fsp3) is 0.417. The van der Waals surface area contributed by atoms with Crippen LogP contribution in [0.4, 0.5) is 0 Å². The van der Waals surface area contributed by atoms with Gasteiger partial charge in [-0.1, -0.05) is 11.6 Å². The van der Waals surface area contributed by atoms with E-state index in [-0.39, 0.29) is 6.04 Å². The van der Waals surface area contributed by atoms with E-state index in [2.05, 4.69) is 22.9 Å². The Morgan fingerprint density at radius 3 is 2.79 bits per heavy atom. The molecule has 1 aromatic rings. The van der Waals surface area contributed by atoms with Gasteiger partial charge in [-0.2, -0.15) is 0 Å². The largest absolute Gasteiger partial charge is 0.311 e. The molecule has 1 unspecified atom stereocenters. The second-order valence-corrected chi connectivity index (χ2v) is 3.71. The SMILES string of the molecule is C=C(C)CC(NC)c1cccc(C)n1. The second kappa shape index (κ2) is 4.91. The Morgan fingerprint density at radius 1 is 1.57 bits per heavy atom. The molecule has 0 aromatic carbocycles. The van der Waals surface area contributed by atoms with Crippen LogP contribution >= 0.6 is 0 Å². The molecular formula is C12H18N2. The number of hydrogen-bond acceptors (Lipinski definition) is 2. The molecule has 14 heavy (non-hydrogen) atoms. The maximum Gasteiger partial charge on any atom is 0.0579 e. The Balaban J connectivity index is 2.83. The molecule has 0 amide bonds. The molecule has 0 spiro atoms. The third-order valence-electron chi connectivity index (χ3n) is 2.17. The lowest BCUT2D eigenvalue weighted by molar-refractivity contribution is 0.572. The van der Waals surface area contributed by atoms with Crippen molar-refractivity contribution in [1.29, 1.82) is 0 Å². The summed E-state index contributed by atoms with van der Waals surface area (Å²) in [5, 5.41) is 3.25. The number of aryl methyl sites for hydroxylation is 1. The van der Waals surface area contributed by atoms with Crippen LogP contribution in [0, 0.1) is 6.92 Å². The second-order valence-electron chi connectivity index (χ2n) is 3.71. The quantitative estimate of drug-likeness (QED) is 0.738. The minimum Gasteiger partial charge on any atom is -0.311 e. The molecule has 0 saturated heterocycles. The van der Waals surface area contributed by atoms with Crippen molar-refractivity contribution < 1.29 is 0 Å². The molecule has 0 aliphatic rings. The number of hydrogen-bond donors (Lipinski definition) is 1. The van der Waals surface area contributed by atoms with Gasteiger partial charge in [-0.3, -0.25) is 4.98 Å². The van der Waals surface area contributed by atoms with Crippen LogP contribution in [0.25, 0.3) is 0 Å². The molecule has 1 heterocycles. The van der Waals surface area contributed by atoms with E-state index in [9.17, 15) is 0 Å². The van der Waals surface area contributed by atoms with Gasteiger partial charge in [-0.25, -0.2) is 0 Å². The third kappa shape index (κ3) is 2.96. The maximum absolute atomic E-state index is 4.49. The molecule has 1 N–H and O–H groups in total. The molecular weight excluding hydrogens is 172 g/mol. The lowest BCUT2D eigenvalue weighted by Crippen LogP contribution is -2.18. The highest BCUT2D eigenvalue weighted by atomic mass is 14.9. The molecule has 1 rings (SSSR count). The van der Waals surface area contributed by atoms with Gasteiger partial charge in [0.25, 0.3) is 0 Å². The van der Waals surface area contributed by atoms with Crippen LogP contribution in [-0.4, -0.2) is 12.0 Å². The van der Waals surface area contributed by atoms with Crippen molar-refractivity contribution in [3.05, 3.63) is 41.7 Å². The summed E-state index contributed by atoms with van der Waals surface area (Å²) in [6, 6.07) is 6.39. The van der Waals surface area contributed by atoms with Crippen LogP contribution in [0.15, 0.2) is 30.4 Å². The van der Waals surface area contributed by atoms with Crippen molar-refractivity contribution in [3.8, 4) is 0 Å². The standard InChI is InChI=1S/C12H18N2/c1-9(2)8-12(13-4)11-7-5-6-10(3)14-11/h5-7,12-13H,1,8H2,2-4H3. The van der Waals surface area contributed by atoms with Crippen molar-refractivity contribution >= 4 is 0 Å². The predicted molar refractivity (Wildman–Crippen MR) is 60.2 cm³/mol. The lowest BCUT2D eigenvalue weighted by atomic mass is 10.1. The summed E-state index contributed by atoms with van der Waals surface area (Å²) in [6.45, 7) is 7.98. The molecule has 0 bridgehead atoms. The van der Waals surface area contributed by atoms with Gasteiger partial charge in [-0.05, 0) is 39.4 Å². The maximum atomic E-state index is 4.49. The van der Waals surface area contributed by atoms with Crippen molar-refractivity contribution in [2.45, 2.75) is 26.3 Å². The number of aromatic nitrogens is 1. The summed E-state index contributed by atoms with van der Waals surface area (Å²) in [6.07, 6.45) is 0.937. The molecule has 1 atom stereocenters. The van der Waals surface area contributed by atoms with Crippen molar-refractivity contribution in [2.24, 2.45) is 0 Å². The normalized spacial score (nSPS) is 12.5. The number of nitrogens with one attached hydrogen (secondary N) is 1. The summed E-state index contributed by atoms with van der Waals surface area (Å²) in [4.78, 5) is 4.49. The first-order chi connectivity index (χ1) is 6.63. The van der Waals surface area contributed by atoms with Crippen LogP contribution in [0.3, 0.4) is 0 Å². The Hall–Kier alpha value is -1.15. The van der Waals surface area contributed by atoms with Crippen LogP contribution in [0.1, 0.15) is 30.8 Å². The summed E-state index contributed by atoms with van der Waals surface area (Å²) >= 11 is 0. The molecule has 1 aromatic heterocycles. The molecule has 0 fully saturated rings. The van der Waals surface area contributed by atoms with Crippen molar-refractivity contribution in [1.82, 2.24) is 10.3 Å². The minimum atomic E-state index is 0.285. The molecule has 76 valence electrons. The highest BCUT2D eigenvalue weighted by Gasteiger charge is 2.09. The van der Waals surface area contributed by atoms with Crippen molar-refractivity contribution in [3.63, 3.8) is 0 Å². The van der Waals surface area contributed by atoms with Gasteiger partial charge in [-0.15, -0.1) is 6.58 Å². The average molecular weight is 190 g/mol. The smallest absolute Gasteiger partial charge is 0.0579 e. The van der Waals surface area contributed by atoms with Gasteiger partial charge < -0.3 is 5.32 Å². The van der Waals surface area contributed by atoms with Gasteiger partial charge >= 0.3 is 0 Å². The molecule has 2 heteroatoms. The Morgan fingerprint density at radius 2 is 2.29 bits per heavy atom. The lowest BCUT2D eigenvalue weighted by Gasteiger charge is -2.15. The Kier molecular flexibility index (Phi) is 3.84. The van der Waals surface area contributed by atoms with E-state index >= 15 is 0 Å². The van der Waals surface area contributed by atoms with E-state index < -0.39 is 0 Å². The van der Waals surface area contributed by atoms with Gasteiger partial charge in [0, 0.05) is 5.69 Å². The summed E-state index contributed by atoms with van der Waals surface area (Å²) in [7, 11) is 1.96. The highest BCUT2D eigenvalue weighted by Crippen LogP contribution is 2.17. The first-order valence-corrected chi connectivity index (χ1v) is 4.88. The fourth-order valence-corrected chi connectivity index (χ4v) is 1.46.